The molecule has 0 radical (unpaired) electrons. The number of carbonyl (C=O) groups excluding carboxylic acids is 1. The normalized spacial score (nSPS) is 11.7. The van der Waals surface area contributed by atoms with Crippen molar-refractivity contribution in [2.24, 2.45) is 0 Å². The second-order valence-corrected chi connectivity index (χ2v) is 2.71. The first-order valence-corrected chi connectivity index (χ1v) is 4.16. The zero-order chi connectivity index (χ0) is 11.5. The van der Waals surface area contributed by atoms with E-state index in [2.05, 4.69) is 5.10 Å². The van der Waals surface area contributed by atoms with Crippen LogP contribution in [0.4, 0.5) is 13.2 Å². The zero-order valence-corrected chi connectivity index (χ0v) is 7.91. The van der Waals surface area contributed by atoms with Crippen LogP contribution < -0.4 is 0 Å². The number of ether oxygens (including phenoxy) is 1. The fourth-order valence-electron chi connectivity index (χ4n) is 0.994. The fraction of sp³-hybridized carbons (Fsp3) is 0.500. The van der Waals surface area contributed by atoms with E-state index in [9.17, 15) is 18.0 Å². The largest absolute Gasteiger partial charge is 0.435 e. The summed E-state index contributed by atoms with van der Waals surface area (Å²) >= 11 is 0. The van der Waals surface area contributed by atoms with Crippen molar-refractivity contribution in [3.05, 3.63) is 17.5 Å². The molecule has 1 heterocycles. The summed E-state index contributed by atoms with van der Waals surface area (Å²) in [6, 6.07) is 0. The van der Waals surface area contributed by atoms with Crippen LogP contribution in [0.15, 0.2) is 6.20 Å². The Morgan fingerprint density at radius 3 is 2.67 bits per heavy atom. The second-order valence-electron chi connectivity index (χ2n) is 2.71. The summed E-state index contributed by atoms with van der Waals surface area (Å²) in [5, 5.41) is 3.23. The van der Waals surface area contributed by atoms with Crippen LogP contribution in [0.3, 0.4) is 0 Å². The molecule has 1 rings (SSSR count). The highest BCUT2D eigenvalue weighted by Crippen LogP contribution is 2.29. The number of rotatable bonds is 4. The first-order chi connectivity index (χ1) is 6.99. The summed E-state index contributed by atoms with van der Waals surface area (Å²) in [5.41, 5.74) is -1.67. The van der Waals surface area contributed by atoms with Crippen molar-refractivity contribution < 1.29 is 22.7 Å². The number of hydrogen-bond acceptors (Lipinski definition) is 3. The van der Waals surface area contributed by atoms with E-state index < -0.39 is 17.4 Å². The number of alkyl halides is 3. The minimum Gasteiger partial charge on any atom is -0.360 e. The minimum atomic E-state index is -4.62. The molecule has 0 atom stereocenters. The number of carbonyl (C=O) groups is 1. The summed E-state index contributed by atoms with van der Waals surface area (Å²) in [6.45, 7) is 1.96. The molecule has 7 heteroatoms. The molecule has 0 bridgehead atoms. The molecule has 0 aliphatic carbocycles. The molecule has 0 fully saturated rings. The lowest BCUT2D eigenvalue weighted by atomic mass is 10.3. The van der Waals surface area contributed by atoms with Gasteiger partial charge in [-0.25, -0.2) is 4.68 Å². The lowest BCUT2D eigenvalue weighted by molar-refractivity contribution is -0.142. The Hall–Kier alpha value is -1.37. The maximum Gasteiger partial charge on any atom is 0.435 e. The molecule has 0 saturated heterocycles. The Morgan fingerprint density at radius 2 is 2.27 bits per heavy atom. The van der Waals surface area contributed by atoms with Crippen LogP contribution in [0.5, 0.6) is 0 Å². The number of halogens is 3. The van der Waals surface area contributed by atoms with Crippen LogP contribution >= 0.6 is 0 Å². The summed E-state index contributed by atoms with van der Waals surface area (Å²) < 4.78 is 42.7. The van der Waals surface area contributed by atoms with Crippen LogP contribution in [0.25, 0.3) is 0 Å². The van der Waals surface area contributed by atoms with Gasteiger partial charge in [-0.05, 0) is 6.92 Å². The average Bonchev–Trinajstić information content (AvgIpc) is 2.57. The van der Waals surface area contributed by atoms with Crippen LogP contribution in [0.1, 0.15) is 23.0 Å². The molecular formula is C8H9F3N2O2. The van der Waals surface area contributed by atoms with Gasteiger partial charge in [0.05, 0.1) is 5.56 Å². The maximum absolute atomic E-state index is 12.3. The Bertz CT molecular complexity index is 346. The van der Waals surface area contributed by atoms with E-state index in [4.69, 9.17) is 4.74 Å². The summed E-state index contributed by atoms with van der Waals surface area (Å²) in [4.78, 5) is 10.4. The van der Waals surface area contributed by atoms with E-state index in [-0.39, 0.29) is 13.0 Å². The van der Waals surface area contributed by atoms with Gasteiger partial charge in [0.1, 0.15) is 6.73 Å². The Balaban J connectivity index is 2.95. The van der Waals surface area contributed by atoms with Gasteiger partial charge in [0.15, 0.2) is 12.0 Å². The highest BCUT2D eigenvalue weighted by atomic mass is 19.4. The predicted molar refractivity (Wildman–Crippen MR) is 44.2 cm³/mol. The van der Waals surface area contributed by atoms with Crippen molar-refractivity contribution in [1.29, 1.82) is 0 Å². The van der Waals surface area contributed by atoms with Gasteiger partial charge < -0.3 is 4.74 Å². The van der Waals surface area contributed by atoms with Gasteiger partial charge in [-0.15, -0.1) is 0 Å². The van der Waals surface area contributed by atoms with Crippen LogP contribution in [0.2, 0.25) is 0 Å². The fourth-order valence-corrected chi connectivity index (χ4v) is 0.994. The van der Waals surface area contributed by atoms with E-state index in [1.807, 2.05) is 0 Å². The molecule has 1 aromatic rings. The number of aldehydes is 1. The molecule has 84 valence electrons. The molecule has 0 aliphatic rings. The lowest BCUT2D eigenvalue weighted by Crippen LogP contribution is -2.10. The quantitative estimate of drug-likeness (QED) is 0.728. The van der Waals surface area contributed by atoms with E-state index in [1.54, 1.807) is 6.92 Å². The predicted octanol–water partition coefficient (Wildman–Crippen LogP) is 1.71. The van der Waals surface area contributed by atoms with E-state index in [1.165, 1.54) is 0 Å². The van der Waals surface area contributed by atoms with Crippen molar-refractivity contribution >= 4 is 6.29 Å². The van der Waals surface area contributed by atoms with Crippen molar-refractivity contribution in [2.75, 3.05) is 6.61 Å². The Morgan fingerprint density at radius 1 is 1.60 bits per heavy atom. The maximum atomic E-state index is 12.3. The third kappa shape index (κ3) is 2.79. The second kappa shape index (κ2) is 4.43. The first-order valence-electron chi connectivity index (χ1n) is 4.16. The van der Waals surface area contributed by atoms with Gasteiger partial charge >= 0.3 is 6.18 Å². The third-order valence-corrected chi connectivity index (χ3v) is 1.61. The SMILES string of the molecule is CCOCn1cc(C=O)c(C(F)(F)F)n1. The summed E-state index contributed by atoms with van der Waals surface area (Å²) in [5.74, 6) is 0. The first kappa shape index (κ1) is 11.7. The van der Waals surface area contributed by atoms with Gasteiger partial charge in [0, 0.05) is 12.8 Å². The van der Waals surface area contributed by atoms with Gasteiger partial charge in [0.25, 0.3) is 0 Å². The van der Waals surface area contributed by atoms with Gasteiger partial charge in [-0.3, -0.25) is 4.79 Å². The Kier molecular flexibility index (Phi) is 3.46. The molecule has 0 N–H and O–H groups in total. The monoisotopic (exact) mass is 222 g/mol. The molecule has 15 heavy (non-hydrogen) atoms. The van der Waals surface area contributed by atoms with Gasteiger partial charge in [-0.1, -0.05) is 0 Å². The number of hydrogen-bond donors (Lipinski definition) is 0. The average molecular weight is 222 g/mol. The standard InChI is InChI=1S/C8H9F3N2O2/c1-2-15-5-13-3-6(4-14)7(12-13)8(9,10)11/h3-4H,2,5H2,1H3. The van der Waals surface area contributed by atoms with E-state index in [0.29, 0.717) is 6.61 Å². The smallest absolute Gasteiger partial charge is 0.360 e. The molecule has 0 saturated carbocycles. The van der Waals surface area contributed by atoms with Crippen molar-refractivity contribution in [2.45, 2.75) is 19.8 Å². The minimum absolute atomic E-state index is 0.104. The highest BCUT2D eigenvalue weighted by molar-refractivity contribution is 5.76. The molecule has 0 spiro atoms. The molecule has 0 unspecified atom stereocenters. The third-order valence-electron chi connectivity index (χ3n) is 1.61. The molecular weight excluding hydrogens is 213 g/mol. The summed E-state index contributed by atoms with van der Waals surface area (Å²) in [7, 11) is 0. The zero-order valence-electron chi connectivity index (χ0n) is 7.91. The Labute approximate surface area is 83.6 Å². The topological polar surface area (TPSA) is 44.1 Å². The summed E-state index contributed by atoms with van der Waals surface area (Å²) in [6.07, 6.45) is -3.49. The van der Waals surface area contributed by atoms with Gasteiger partial charge in [-0.2, -0.15) is 18.3 Å². The van der Waals surface area contributed by atoms with Crippen molar-refractivity contribution in [1.82, 2.24) is 9.78 Å². The van der Waals surface area contributed by atoms with Crippen molar-refractivity contribution in [3.63, 3.8) is 0 Å². The highest BCUT2D eigenvalue weighted by Gasteiger charge is 2.37. The lowest BCUT2D eigenvalue weighted by Gasteiger charge is -2.02. The van der Waals surface area contributed by atoms with Crippen LogP contribution in [0, 0.1) is 0 Å². The van der Waals surface area contributed by atoms with E-state index in [0.717, 1.165) is 10.9 Å². The van der Waals surface area contributed by atoms with E-state index >= 15 is 0 Å². The van der Waals surface area contributed by atoms with Gasteiger partial charge in [0.2, 0.25) is 0 Å². The van der Waals surface area contributed by atoms with Crippen LogP contribution in [-0.4, -0.2) is 22.7 Å². The number of nitrogens with zero attached hydrogens (tertiary/aromatic N) is 2. The molecule has 1 aromatic heterocycles. The van der Waals surface area contributed by atoms with Crippen LogP contribution in [-0.2, 0) is 17.6 Å². The van der Waals surface area contributed by atoms with Crippen molar-refractivity contribution in [3.8, 4) is 0 Å². The molecule has 0 amide bonds. The molecule has 0 aliphatic heterocycles. The molecule has 0 aromatic carbocycles. The number of aromatic nitrogens is 2. The molecule has 4 nitrogen and oxygen atoms in total.